The molecule has 0 spiro atoms. The first-order chi connectivity index (χ1) is 55.3. The molecule has 8 saturated carbocycles. The van der Waals surface area contributed by atoms with Crippen LogP contribution in [0.3, 0.4) is 0 Å². The Kier molecular flexibility index (Phi) is 92.2. The van der Waals surface area contributed by atoms with Gasteiger partial charge in [0, 0.05) is 13.2 Å². The molecule has 0 aromatic heterocycles. The molecule has 15 aliphatic rings. The maximum atomic E-state index is 7.57. The number of unbranched alkanes of at least 4 members (excludes halogenated alkanes) is 5. The predicted octanol–water partition coefficient (Wildman–Crippen LogP) is 37.3. The van der Waals surface area contributed by atoms with Gasteiger partial charge in [0.15, 0.2) is 0 Å². The monoisotopic (exact) mass is 2210 g/mol. The van der Waals surface area contributed by atoms with Crippen LogP contribution in [0.25, 0.3) is 4.98 Å². The Morgan fingerprint density at radius 2 is 0.512 bits per heavy atom. The van der Waals surface area contributed by atoms with Crippen LogP contribution in [0, 0.1) is 201 Å². The Morgan fingerprint density at radius 1 is 0.333 bits per heavy atom. The Hall–Kier alpha value is 3.36. The number of hydrogen-bond acceptors (Lipinski definition) is 2. The van der Waals surface area contributed by atoms with Crippen LogP contribution in [0.4, 0.5) is 0 Å². The fourth-order valence-electron chi connectivity index (χ4n) is 22.6. The zero-order chi connectivity index (χ0) is 86.1. The second kappa shape index (κ2) is 81.4. The van der Waals surface area contributed by atoms with Gasteiger partial charge >= 0.3 is 178 Å². The predicted molar refractivity (Wildman–Crippen MR) is 555 cm³/mol. The van der Waals surface area contributed by atoms with E-state index in [0.29, 0.717) is 29.7 Å². The third kappa shape index (κ3) is 47.1. The molecule has 2 N–H and O–H groups in total. The molecule has 3 nitrogen and oxygen atoms in total. The molecule has 14 unspecified atom stereocenters. The van der Waals surface area contributed by atoms with E-state index >= 15 is 0 Å². The standard InChI is InChI=1S/C35H46Si.C10H22NSi.2C10H20.3C9H12.2C2H6O.8CH3.9ClH.2Ti.3Zr/c1-3-4-5-6-7-16-25-36(2,34-30-21-12-8-17-26(30)27-18-9-13-22-31(27)34)35-32-23-14-10-19-28(32)29-20-11-15-24-33(29)35;1-9(2)11-12(3,4)10-7-5-6-8-10;2*1-6-7(2)9(4)10(5)8(6)3;3*1-2-5-9-7-3-6-8(9)4-1;2*1-2-3;;;;;;;;;;;;;;;;;;;;;;/h8-15,17-24,26-35H,3-7,16,25H2,1-2H3;9-10H,5-8H2,1-4H3;2*6-10H,1-5H3;3*1-2,4-5,8-9H,3,6-7H2;2*3H,2H2,1H3;8*1H3;9*1H;;;;;/q;-1;;;;;;;;8*-1;;;;;;;;;;2*+2;3*+4/p-9. The van der Waals surface area contributed by atoms with Crippen molar-refractivity contribution in [2.45, 2.75) is 274 Å². The molecule has 0 radical (unpaired) electrons. The molecule has 0 heterocycles. The first-order valence-corrected chi connectivity index (χ1v) is 76.0. The average molecular weight is 2220 g/mol. The number of nitrogens with zero attached hydrogens (tertiary/aromatic N) is 1. The molecule has 0 aromatic carbocycles. The Bertz CT molecular complexity index is 2560. The van der Waals surface area contributed by atoms with Gasteiger partial charge in [-0.05, 0) is 205 Å². The summed E-state index contributed by atoms with van der Waals surface area (Å²) in [6, 6.07) is 2.06. The van der Waals surface area contributed by atoms with Crippen LogP contribution in [-0.2, 0) is 99.0 Å². The van der Waals surface area contributed by atoms with Gasteiger partial charge in [-0.1, -0.05) is 383 Å². The van der Waals surface area contributed by atoms with Gasteiger partial charge in [0.25, 0.3) is 0 Å². The third-order valence-corrected chi connectivity index (χ3v) is 39.4. The Labute approximate surface area is 857 Å². The van der Waals surface area contributed by atoms with Crippen molar-refractivity contribution in [1.29, 1.82) is 0 Å². The number of fused-ring (bicyclic) bond motifs is 9. The van der Waals surface area contributed by atoms with Crippen LogP contribution < -0.4 is 0 Å². The summed E-state index contributed by atoms with van der Waals surface area (Å²) >= 11 is -1.56. The summed E-state index contributed by atoms with van der Waals surface area (Å²) in [7, 11) is 41.1. The molecule has 14 atom stereocenters. The molecule has 0 amide bonds. The van der Waals surface area contributed by atoms with Crippen molar-refractivity contribution < 1.29 is 109 Å². The second-order valence-corrected chi connectivity index (χ2v) is 59.2. The molecule has 15 aliphatic carbocycles. The number of hydrogen-bond donors (Lipinski definition) is 2. The fraction of sp³-hybridized carbons (Fsp3) is 0.654. The van der Waals surface area contributed by atoms with Crippen molar-refractivity contribution in [3.8, 4) is 0 Å². The van der Waals surface area contributed by atoms with Crippen molar-refractivity contribution in [3.63, 3.8) is 0 Å². The van der Waals surface area contributed by atoms with Crippen LogP contribution in [0.15, 0.2) is 170 Å². The van der Waals surface area contributed by atoms with Crippen molar-refractivity contribution in [3.05, 3.63) is 235 Å². The molecule has 0 aliphatic heterocycles. The van der Waals surface area contributed by atoms with E-state index in [1.165, 1.54) is 147 Å². The van der Waals surface area contributed by atoms with Crippen LogP contribution in [-0.4, -0.2) is 45.8 Å². The van der Waals surface area contributed by atoms with Crippen LogP contribution in [0.2, 0.25) is 42.3 Å². The molecule has 0 bridgehead atoms. The first-order valence-electron chi connectivity index (χ1n) is 44.7. The number of aliphatic hydroxyl groups is 2. The van der Waals surface area contributed by atoms with E-state index in [0.717, 1.165) is 135 Å². The molecular formula is C104H180Cl9NO2Si2Ti2Zr3-2. The van der Waals surface area contributed by atoms with Crippen LogP contribution in [0.1, 0.15) is 226 Å². The second-order valence-electron chi connectivity index (χ2n) is 36.2. The minimum absolute atomic E-state index is 0. The maximum absolute atomic E-state index is 7.57. The summed E-state index contributed by atoms with van der Waals surface area (Å²) in [6.45, 7) is 42.4. The molecule has 15 rings (SSSR count). The SMILES string of the molecule is C1=CC2CCCC2C=C1.C1=CC2CCCC2C=C1.C1=CC2CCCC2C=C1.CC(C)[N-][Si](C)(C)C1CCCC1.CC1C(C)C(C)C(C)C1C.CC1C(C)C(C)C(C)C1C.CCCCCCCC[Si](C)(C1C2C=CC=CC2C2C=CC=CC21)C1C2C=CC=CC2C2C=CC=CC21.CCO.CCO.[CH3-].[CH3-].[CH3-].[CH3-].[CH3-].[CH3-].[CH3-].[CH3-].[Cl][Ti+].[Cl][Ti][Cl].[Cl][Zr+2][Cl].[Cl][Zr+2][Cl].[Cl][Zr+2][Cl]. The normalized spacial score (nSPS) is 32.7. The Balaban J connectivity index is -0.000000262. The molecule has 8 fully saturated rings. The van der Waals surface area contributed by atoms with Crippen molar-refractivity contribution in [2.24, 2.45) is 142 Å². The van der Waals surface area contributed by atoms with Gasteiger partial charge in [0.1, 0.15) is 0 Å². The molecule has 0 saturated heterocycles. The quantitative estimate of drug-likeness (QED) is 0.116. The van der Waals surface area contributed by atoms with Gasteiger partial charge in [0.05, 0.1) is 8.07 Å². The van der Waals surface area contributed by atoms with Crippen molar-refractivity contribution >= 4 is 95.3 Å². The van der Waals surface area contributed by atoms with Gasteiger partial charge in [-0.15, -0.1) is 6.04 Å². The summed E-state index contributed by atoms with van der Waals surface area (Å²) < 4.78 is 0. The van der Waals surface area contributed by atoms with Gasteiger partial charge in [-0.2, -0.15) is 0 Å². The van der Waals surface area contributed by atoms with E-state index in [1.54, 1.807) is 13.8 Å². The van der Waals surface area contributed by atoms with Gasteiger partial charge < -0.3 is 74.6 Å². The third-order valence-electron chi connectivity index (χ3n) is 29.6. The molecule has 123 heavy (non-hydrogen) atoms. The summed E-state index contributed by atoms with van der Waals surface area (Å²) in [6.07, 6.45) is 94.1. The number of aliphatic hydroxyl groups excluding tert-OH is 2. The number of rotatable bonds is 12. The van der Waals surface area contributed by atoms with Crippen molar-refractivity contribution in [2.75, 3.05) is 13.2 Å². The van der Waals surface area contributed by atoms with E-state index in [1.807, 2.05) is 0 Å². The topological polar surface area (TPSA) is 54.6 Å². The zero-order valence-corrected chi connectivity index (χ0v) is 101. The summed E-state index contributed by atoms with van der Waals surface area (Å²) in [4.78, 5) is 4.93. The summed E-state index contributed by atoms with van der Waals surface area (Å²) in [5, 5.41) is 15.1. The van der Waals surface area contributed by atoms with Crippen LogP contribution >= 0.6 is 79.0 Å². The van der Waals surface area contributed by atoms with E-state index in [4.69, 9.17) is 84.9 Å². The van der Waals surface area contributed by atoms with Crippen LogP contribution in [0.5, 0.6) is 0 Å². The van der Waals surface area contributed by atoms with Gasteiger partial charge in [0.2, 0.25) is 0 Å². The summed E-state index contributed by atoms with van der Waals surface area (Å²) in [5.41, 5.74) is 2.67. The Morgan fingerprint density at radius 3 is 0.707 bits per heavy atom. The molecule has 0 aromatic rings. The summed E-state index contributed by atoms with van der Waals surface area (Å²) in [5.74, 6) is 20.4. The number of halogens is 9. The van der Waals surface area contributed by atoms with E-state index in [-0.39, 0.29) is 72.6 Å². The van der Waals surface area contributed by atoms with Crippen molar-refractivity contribution in [1.82, 2.24) is 0 Å². The molecular weight excluding hydrogens is 2040 g/mol. The molecule has 19 heteroatoms. The van der Waals surface area contributed by atoms with E-state index in [2.05, 4.69) is 289 Å². The molecule has 706 valence electrons. The minimum atomic E-state index is -1.73. The van der Waals surface area contributed by atoms with Gasteiger partial charge in [-0.25, -0.2) is 0 Å². The fourth-order valence-corrected chi connectivity index (χ4v) is 32.9. The zero-order valence-electron chi connectivity index (χ0n) is 82.1. The van der Waals surface area contributed by atoms with E-state index in [9.17, 15) is 0 Å². The first kappa shape index (κ1) is 139. The van der Waals surface area contributed by atoms with Gasteiger partial charge in [-0.3, -0.25) is 0 Å². The number of allylic oxidation sites excluding steroid dienone is 28. The van der Waals surface area contributed by atoms with E-state index < -0.39 is 95.9 Å². The average Bonchev–Trinajstić information content (AvgIpc) is 1.54.